The Labute approximate surface area is 367 Å². The average molecular weight is 864 g/mol. The first-order chi connectivity index (χ1) is 31.3. The summed E-state index contributed by atoms with van der Waals surface area (Å²) in [5, 5.41) is 5.02. The number of hydrogen-bond donors (Lipinski definition) is 0. The van der Waals surface area contributed by atoms with Crippen LogP contribution in [0.3, 0.4) is 0 Å². The second kappa shape index (κ2) is 14.1. The van der Waals surface area contributed by atoms with E-state index in [1.807, 2.05) is 0 Å². The van der Waals surface area contributed by atoms with Gasteiger partial charge in [-0.05, 0) is 0 Å². The molecule has 4 nitrogen and oxygen atoms in total. The number of nitrogens with zero attached hydrogens (tertiary/aromatic N) is 4. The van der Waals surface area contributed by atoms with E-state index in [1.165, 1.54) is 66.8 Å². The molecule has 0 N–H and O–H groups in total. The van der Waals surface area contributed by atoms with E-state index in [0.717, 1.165) is 39.7 Å². The number of benzene rings is 9. The normalized spacial score (nSPS) is 12.9. The third-order valence-corrected chi connectivity index (χ3v) is 23.3. The molecule has 63 heavy (non-hydrogen) atoms. The molecule has 13 rings (SSSR count). The Morgan fingerprint density at radius 1 is 0.349 bits per heavy atom. The van der Waals surface area contributed by atoms with Crippen LogP contribution in [0.4, 0.5) is 0 Å². The van der Waals surface area contributed by atoms with Crippen LogP contribution in [0.5, 0.6) is 0 Å². The van der Waals surface area contributed by atoms with Gasteiger partial charge in [0, 0.05) is 0 Å². The molecule has 12 aromatic rings. The third kappa shape index (κ3) is 5.22. The van der Waals surface area contributed by atoms with E-state index in [2.05, 4.69) is 240 Å². The first-order valence-corrected chi connectivity index (χ1v) is 25.8. The molecule has 1 aliphatic heterocycles. The van der Waals surface area contributed by atoms with Crippen LogP contribution in [-0.2, 0) is 0 Å². The van der Waals surface area contributed by atoms with Crippen molar-refractivity contribution in [2.24, 2.45) is 0 Å². The van der Waals surface area contributed by atoms with Crippen molar-refractivity contribution in [2.45, 2.75) is 0 Å². The van der Waals surface area contributed by atoms with Crippen molar-refractivity contribution in [3.05, 3.63) is 231 Å². The number of aromatic nitrogens is 4. The van der Waals surface area contributed by atoms with Crippen molar-refractivity contribution in [2.75, 3.05) is 0 Å². The Morgan fingerprint density at radius 2 is 0.810 bits per heavy atom. The molecule has 1 aliphatic rings. The molecule has 0 saturated carbocycles. The van der Waals surface area contributed by atoms with Gasteiger partial charge in [-0.2, -0.15) is 0 Å². The molecule has 0 unspecified atom stereocenters. The minimum atomic E-state index is -3.94. The SMILES string of the molecule is c1ccc(-c2nc(-c3ccccc3)[c]3c(n2)-c2ccc(-n4c5ccccc5c5c6c7ccccc7n(-c7ccccc7)c6ccc54)c[c]2[Ge]3([c]2ccccc2)[c]2ccccc2)cc1. The Kier molecular flexibility index (Phi) is 8.05. The maximum absolute atomic E-state index is 5.61. The molecule has 0 atom stereocenters. The molecule has 0 saturated heterocycles. The van der Waals surface area contributed by atoms with Crippen molar-refractivity contribution >= 4 is 74.5 Å². The van der Waals surface area contributed by atoms with Gasteiger partial charge in [-0.1, -0.05) is 6.07 Å². The summed E-state index contributed by atoms with van der Waals surface area (Å²) in [7, 11) is 0. The second-order valence-electron chi connectivity index (χ2n) is 16.5. The van der Waals surface area contributed by atoms with Gasteiger partial charge in [0.05, 0.1) is 0 Å². The number of fused-ring (bicyclic) bond motifs is 10. The summed E-state index contributed by atoms with van der Waals surface area (Å²) in [6, 6.07) is 84.2. The van der Waals surface area contributed by atoms with E-state index < -0.39 is 13.3 Å². The van der Waals surface area contributed by atoms with Crippen LogP contribution in [0.15, 0.2) is 231 Å². The van der Waals surface area contributed by atoms with Crippen LogP contribution in [-0.4, -0.2) is 32.4 Å². The molecule has 0 fully saturated rings. The van der Waals surface area contributed by atoms with Gasteiger partial charge in [0.2, 0.25) is 0 Å². The first kappa shape index (κ1) is 35.9. The molecule has 3 aromatic heterocycles. The predicted molar refractivity (Wildman–Crippen MR) is 264 cm³/mol. The quantitative estimate of drug-likeness (QED) is 0.156. The summed E-state index contributed by atoms with van der Waals surface area (Å²) in [4.78, 5) is 11.2. The zero-order valence-corrected chi connectivity index (χ0v) is 36.3. The van der Waals surface area contributed by atoms with Crippen LogP contribution < -0.4 is 17.6 Å². The second-order valence-corrected chi connectivity index (χ2v) is 24.2. The van der Waals surface area contributed by atoms with Crippen LogP contribution in [0.2, 0.25) is 0 Å². The van der Waals surface area contributed by atoms with E-state index in [1.54, 1.807) is 0 Å². The Morgan fingerprint density at radius 3 is 1.38 bits per heavy atom. The van der Waals surface area contributed by atoms with Crippen LogP contribution in [0, 0.1) is 0 Å². The van der Waals surface area contributed by atoms with E-state index in [4.69, 9.17) is 9.97 Å². The number of para-hydroxylation sites is 3. The van der Waals surface area contributed by atoms with E-state index >= 15 is 0 Å². The van der Waals surface area contributed by atoms with Gasteiger partial charge in [-0.15, -0.1) is 0 Å². The fourth-order valence-electron chi connectivity index (χ4n) is 10.6. The van der Waals surface area contributed by atoms with Crippen molar-refractivity contribution < 1.29 is 0 Å². The summed E-state index contributed by atoms with van der Waals surface area (Å²) in [5.41, 5.74) is 12.4. The summed E-state index contributed by atoms with van der Waals surface area (Å²) in [5.74, 6) is 0.739. The van der Waals surface area contributed by atoms with E-state index in [0.29, 0.717) is 0 Å². The standard InChI is InChI=1S/C58H38GeN4/c1-6-20-39(21-7-1)56-55-57(61-58(60-56)40-22-8-2-9-23-40)45-35-34-44(38-48(45)59(55,41-24-10-3-11-25-41)42-26-12-4-13-27-42)63-50-33-19-17-31-47(50)54-52(63)37-36-51-53(54)46-30-16-18-32-49(46)62(51)43-28-14-5-15-29-43/h1-38H. The molecule has 0 radical (unpaired) electrons. The number of rotatable bonds is 6. The van der Waals surface area contributed by atoms with Crippen LogP contribution in [0.1, 0.15) is 0 Å². The molecule has 4 heterocycles. The van der Waals surface area contributed by atoms with Crippen LogP contribution in [0.25, 0.3) is 88.9 Å². The summed E-state index contributed by atoms with van der Waals surface area (Å²) in [6.45, 7) is 0. The molecule has 0 aliphatic carbocycles. The fourth-order valence-corrected chi connectivity index (χ4v) is 21.7. The molecular formula is C58H38GeN4. The predicted octanol–water partition coefficient (Wildman–Crippen LogP) is 11.4. The monoisotopic (exact) mass is 864 g/mol. The van der Waals surface area contributed by atoms with Crippen LogP contribution >= 0.6 is 0 Å². The van der Waals surface area contributed by atoms with Gasteiger partial charge >= 0.3 is 363 Å². The first-order valence-electron chi connectivity index (χ1n) is 21.6. The molecule has 0 amide bonds. The van der Waals surface area contributed by atoms with Gasteiger partial charge in [-0.3, -0.25) is 0 Å². The third-order valence-electron chi connectivity index (χ3n) is 13.2. The van der Waals surface area contributed by atoms with Gasteiger partial charge < -0.3 is 0 Å². The Bertz CT molecular complexity index is 3670. The van der Waals surface area contributed by atoms with Gasteiger partial charge in [0.25, 0.3) is 0 Å². The summed E-state index contributed by atoms with van der Waals surface area (Å²) < 4.78 is 10.3. The molecule has 5 heteroatoms. The molecule has 0 spiro atoms. The maximum atomic E-state index is 5.61. The van der Waals surface area contributed by atoms with Gasteiger partial charge in [0.1, 0.15) is 0 Å². The van der Waals surface area contributed by atoms with Gasteiger partial charge in [0.15, 0.2) is 0 Å². The molecule has 0 bridgehead atoms. The molecule has 294 valence electrons. The van der Waals surface area contributed by atoms with Crippen molar-refractivity contribution in [1.82, 2.24) is 19.1 Å². The molecule has 9 aromatic carbocycles. The average Bonchev–Trinajstić information content (AvgIpc) is 3.99. The fraction of sp³-hybridized carbons (Fsp3) is 0. The topological polar surface area (TPSA) is 35.6 Å². The van der Waals surface area contributed by atoms with Crippen molar-refractivity contribution in [1.29, 1.82) is 0 Å². The summed E-state index contributed by atoms with van der Waals surface area (Å²) in [6.07, 6.45) is 0. The summed E-state index contributed by atoms with van der Waals surface area (Å²) >= 11 is -3.94. The zero-order valence-electron chi connectivity index (χ0n) is 34.2. The Balaban J connectivity index is 1.15. The van der Waals surface area contributed by atoms with E-state index in [-0.39, 0.29) is 0 Å². The zero-order chi connectivity index (χ0) is 41.5. The Hall–Kier alpha value is -7.80. The van der Waals surface area contributed by atoms with Crippen molar-refractivity contribution in [3.63, 3.8) is 0 Å². The van der Waals surface area contributed by atoms with E-state index in [9.17, 15) is 0 Å². The van der Waals surface area contributed by atoms with Gasteiger partial charge in [-0.25, -0.2) is 0 Å². The molecular weight excluding hydrogens is 825 g/mol. The van der Waals surface area contributed by atoms with Crippen molar-refractivity contribution in [3.8, 4) is 45.3 Å². The minimum absolute atomic E-state index is 0.739. The number of hydrogen-bond acceptors (Lipinski definition) is 2.